The Labute approximate surface area is 275 Å². The van der Waals surface area contributed by atoms with Crippen molar-refractivity contribution in [3.63, 3.8) is 0 Å². The Kier molecular flexibility index (Phi) is 10.9. The van der Waals surface area contributed by atoms with Gasteiger partial charge in [0.2, 0.25) is 17.6 Å². The minimum atomic E-state index is -0.879. The molecule has 13 heteroatoms. The van der Waals surface area contributed by atoms with E-state index in [0.29, 0.717) is 31.7 Å². The average Bonchev–Trinajstić information content (AvgIpc) is 3.64. The molecule has 2 atom stereocenters. The first-order valence-corrected chi connectivity index (χ1v) is 15.9. The summed E-state index contributed by atoms with van der Waals surface area (Å²) in [6, 6.07) is 6.72. The number of hydrogen-bond acceptors (Lipinski definition) is 7. The molecule has 3 aromatic rings. The van der Waals surface area contributed by atoms with Crippen LogP contribution in [0.25, 0.3) is 5.78 Å². The Balaban J connectivity index is 1.51. The number of ether oxygens (including phenoxy) is 1. The molecule has 1 aliphatic rings. The molecule has 3 heterocycles. The van der Waals surface area contributed by atoms with Gasteiger partial charge in [-0.15, -0.1) is 0 Å². The van der Waals surface area contributed by atoms with E-state index in [9.17, 15) is 23.6 Å². The zero-order valence-electron chi connectivity index (χ0n) is 28.3. The fraction of sp³-hybridized carbons (Fsp3) is 0.529. The Morgan fingerprint density at radius 2 is 1.81 bits per heavy atom. The number of nitrogens with one attached hydrogen (secondary N) is 1. The van der Waals surface area contributed by atoms with Crippen LogP contribution < -0.4 is 5.32 Å². The second-order valence-electron chi connectivity index (χ2n) is 14.1. The molecule has 1 aromatic carbocycles. The first kappa shape index (κ1) is 35.3. The van der Waals surface area contributed by atoms with Gasteiger partial charge in [0.15, 0.2) is 0 Å². The van der Waals surface area contributed by atoms with Gasteiger partial charge in [0, 0.05) is 51.3 Å². The first-order valence-electron chi connectivity index (χ1n) is 15.9. The number of nitrogens with zero attached hydrogens (tertiary/aromatic N) is 6. The number of amides is 4. The third-order valence-corrected chi connectivity index (χ3v) is 7.92. The molecule has 0 aliphatic carbocycles. The van der Waals surface area contributed by atoms with Crippen molar-refractivity contribution in [2.75, 3.05) is 33.2 Å². The summed E-state index contributed by atoms with van der Waals surface area (Å²) in [6.07, 6.45) is 6.24. The smallest absolute Gasteiger partial charge is 0.410 e. The number of carbonyl (C=O) groups is 4. The molecule has 2 aromatic heterocycles. The maximum absolute atomic E-state index is 14.1. The SMILES string of the molecule is CN(CC(=O)N[C@H](C(=O)N1CCC[C@H]1CN(CCc1ccc(F)cc1)C(=O)c1cn2cccnc2n1)C(C)(C)C)C(=O)OC(C)(C)C. The zero-order chi connectivity index (χ0) is 34.5. The van der Waals surface area contributed by atoms with Crippen molar-refractivity contribution in [3.05, 3.63) is 66.0 Å². The molecule has 0 unspecified atom stereocenters. The third kappa shape index (κ3) is 9.49. The van der Waals surface area contributed by atoms with Crippen LogP contribution in [-0.2, 0) is 20.7 Å². The van der Waals surface area contributed by atoms with Gasteiger partial charge in [0.25, 0.3) is 5.91 Å². The largest absolute Gasteiger partial charge is 0.444 e. The van der Waals surface area contributed by atoms with E-state index in [1.54, 1.807) is 71.8 Å². The van der Waals surface area contributed by atoms with Crippen molar-refractivity contribution in [2.24, 2.45) is 5.41 Å². The highest BCUT2D eigenvalue weighted by Gasteiger charge is 2.41. The van der Waals surface area contributed by atoms with Crippen LogP contribution in [0, 0.1) is 11.2 Å². The number of likely N-dealkylation sites (N-methyl/N-ethyl adjacent to an activating group) is 1. The van der Waals surface area contributed by atoms with E-state index in [1.165, 1.54) is 24.1 Å². The summed E-state index contributed by atoms with van der Waals surface area (Å²) in [5, 5.41) is 2.86. The van der Waals surface area contributed by atoms with Crippen LogP contribution in [0.2, 0.25) is 0 Å². The summed E-state index contributed by atoms with van der Waals surface area (Å²) >= 11 is 0. The molecule has 47 heavy (non-hydrogen) atoms. The van der Waals surface area contributed by atoms with Crippen molar-refractivity contribution < 1.29 is 28.3 Å². The number of aromatic nitrogens is 3. The van der Waals surface area contributed by atoms with E-state index >= 15 is 0 Å². The quantitative estimate of drug-likeness (QED) is 0.352. The van der Waals surface area contributed by atoms with Crippen molar-refractivity contribution in [2.45, 2.75) is 78.5 Å². The molecule has 0 spiro atoms. The molecule has 0 saturated carbocycles. The number of hydrogen-bond donors (Lipinski definition) is 1. The molecular weight excluding hydrogens is 605 g/mol. The summed E-state index contributed by atoms with van der Waals surface area (Å²) in [4.78, 5) is 66.8. The van der Waals surface area contributed by atoms with Gasteiger partial charge in [-0.2, -0.15) is 0 Å². The zero-order valence-corrected chi connectivity index (χ0v) is 28.3. The Morgan fingerprint density at radius 1 is 1.11 bits per heavy atom. The molecule has 1 N–H and O–H groups in total. The van der Waals surface area contributed by atoms with Crippen LogP contribution in [0.1, 0.15) is 70.4 Å². The van der Waals surface area contributed by atoms with E-state index in [4.69, 9.17) is 4.74 Å². The molecule has 4 rings (SSSR count). The summed E-state index contributed by atoms with van der Waals surface area (Å²) in [5.74, 6) is -0.984. The summed E-state index contributed by atoms with van der Waals surface area (Å²) in [6.45, 7) is 11.6. The normalized spacial score (nSPS) is 15.7. The van der Waals surface area contributed by atoms with Gasteiger partial charge < -0.3 is 24.8 Å². The second kappa shape index (κ2) is 14.5. The monoisotopic (exact) mass is 651 g/mol. The van der Waals surface area contributed by atoms with Gasteiger partial charge in [-0.3, -0.25) is 18.8 Å². The van der Waals surface area contributed by atoms with Gasteiger partial charge in [0.1, 0.15) is 29.7 Å². The predicted octanol–water partition coefficient (Wildman–Crippen LogP) is 3.94. The highest BCUT2D eigenvalue weighted by molar-refractivity contribution is 5.93. The van der Waals surface area contributed by atoms with Crippen LogP contribution >= 0.6 is 0 Å². The highest BCUT2D eigenvalue weighted by Crippen LogP contribution is 2.27. The Hall–Kier alpha value is -4.55. The molecule has 4 amide bonds. The van der Waals surface area contributed by atoms with Crippen LogP contribution in [-0.4, -0.2) is 104 Å². The van der Waals surface area contributed by atoms with Gasteiger partial charge >= 0.3 is 6.09 Å². The van der Waals surface area contributed by atoms with E-state index in [-0.39, 0.29) is 42.5 Å². The van der Waals surface area contributed by atoms with Crippen LogP contribution in [0.15, 0.2) is 48.9 Å². The molecular formula is C34H46FN7O5. The summed E-state index contributed by atoms with van der Waals surface area (Å²) < 4.78 is 20.6. The number of halogens is 1. The van der Waals surface area contributed by atoms with Crippen molar-refractivity contribution in [1.82, 2.24) is 34.4 Å². The standard InChI is InChI=1S/C34H46FN7O5/c1-33(2,3)28(38-27(43)22-39(7)32(46)47-34(4,5)6)30(45)42-18-8-10-25(42)20-40(19-15-23-11-13-24(35)14-12-23)29(44)26-21-41-17-9-16-36-31(41)37-26/h9,11-14,16-17,21,25,28H,8,10,15,18-20,22H2,1-7H3,(H,38,43)/t25-,28+/m0/s1. The number of rotatable bonds is 10. The number of benzene rings is 1. The lowest BCUT2D eigenvalue weighted by Crippen LogP contribution is -2.58. The van der Waals surface area contributed by atoms with Crippen molar-refractivity contribution in [1.29, 1.82) is 0 Å². The van der Waals surface area contributed by atoms with E-state index in [2.05, 4.69) is 15.3 Å². The maximum atomic E-state index is 14.1. The lowest BCUT2D eigenvalue weighted by Gasteiger charge is -2.37. The maximum Gasteiger partial charge on any atom is 0.410 e. The lowest BCUT2D eigenvalue weighted by molar-refractivity contribution is -0.140. The minimum Gasteiger partial charge on any atom is -0.444 e. The molecule has 254 valence electrons. The molecule has 1 saturated heterocycles. The molecule has 0 radical (unpaired) electrons. The van der Waals surface area contributed by atoms with Gasteiger partial charge in [-0.1, -0.05) is 32.9 Å². The highest BCUT2D eigenvalue weighted by atomic mass is 19.1. The average molecular weight is 652 g/mol. The van der Waals surface area contributed by atoms with E-state index in [0.717, 1.165) is 12.0 Å². The molecule has 12 nitrogen and oxygen atoms in total. The molecule has 1 aliphatic heterocycles. The van der Waals surface area contributed by atoms with E-state index in [1.807, 2.05) is 20.8 Å². The Morgan fingerprint density at radius 3 is 2.45 bits per heavy atom. The van der Waals surface area contributed by atoms with Gasteiger partial charge in [-0.05, 0) is 69.2 Å². The number of fused-ring (bicyclic) bond motifs is 1. The second-order valence-corrected chi connectivity index (χ2v) is 14.1. The molecule has 0 bridgehead atoms. The summed E-state index contributed by atoms with van der Waals surface area (Å²) in [7, 11) is 1.47. The first-order chi connectivity index (χ1) is 22.0. The third-order valence-electron chi connectivity index (χ3n) is 7.92. The van der Waals surface area contributed by atoms with E-state index < -0.39 is 29.1 Å². The minimum absolute atomic E-state index is 0.229. The van der Waals surface area contributed by atoms with Crippen LogP contribution in [0.3, 0.4) is 0 Å². The number of imidazole rings is 1. The molecule has 1 fully saturated rings. The number of carbonyl (C=O) groups excluding carboxylic acids is 4. The van der Waals surface area contributed by atoms with Gasteiger partial charge in [-0.25, -0.2) is 19.2 Å². The number of likely N-dealkylation sites (tertiary alicyclic amines) is 1. The van der Waals surface area contributed by atoms with Crippen LogP contribution in [0.4, 0.5) is 9.18 Å². The fourth-order valence-electron chi connectivity index (χ4n) is 5.50. The fourth-order valence-corrected chi connectivity index (χ4v) is 5.50. The lowest BCUT2D eigenvalue weighted by atomic mass is 9.85. The van der Waals surface area contributed by atoms with Gasteiger partial charge in [0.05, 0.1) is 0 Å². The summed E-state index contributed by atoms with van der Waals surface area (Å²) in [5.41, 5.74) is -0.265. The predicted molar refractivity (Wildman–Crippen MR) is 174 cm³/mol. The van der Waals surface area contributed by atoms with Crippen molar-refractivity contribution in [3.8, 4) is 0 Å². The Bertz CT molecular complexity index is 1540. The topological polar surface area (TPSA) is 129 Å². The van der Waals surface area contributed by atoms with Crippen molar-refractivity contribution >= 4 is 29.6 Å². The van der Waals surface area contributed by atoms with Crippen LogP contribution in [0.5, 0.6) is 0 Å².